The van der Waals surface area contributed by atoms with E-state index in [0.717, 1.165) is 12.3 Å². The molecular weight excluding hydrogens is 230 g/mol. The number of nitrogens with one attached hydrogen (secondary N) is 1. The number of carbonyl (C=O) groups is 1. The first kappa shape index (κ1) is 14.8. The molecule has 0 aromatic heterocycles. The minimum absolute atomic E-state index is 0.0577. The van der Waals surface area contributed by atoms with E-state index >= 15 is 0 Å². The molecule has 0 saturated heterocycles. The SMILES string of the molecule is CC(C)(C(=O)NCCC1CCCCC1)C(N)=NO. The number of nitrogens with two attached hydrogens (primary N) is 1. The van der Waals surface area contributed by atoms with Crippen LogP contribution in [0.15, 0.2) is 5.16 Å². The van der Waals surface area contributed by atoms with Crippen molar-refractivity contribution in [1.29, 1.82) is 0 Å². The van der Waals surface area contributed by atoms with Gasteiger partial charge < -0.3 is 16.3 Å². The Morgan fingerprint density at radius 1 is 1.39 bits per heavy atom. The summed E-state index contributed by atoms with van der Waals surface area (Å²) in [4.78, 5) is 11.9. The second-order valence-corrected chi connectivity index (χ2v) is 5.66. The minimum atomic E-state index is -0.957. The normalized spacial score (nSPS) is 18.7. The predicted molar refractivity (Wildman–Crippen MR) is 71.4 cm³/mol. The van der Waals surface area contributed by atoms with E-state index in [1.165, 1.54) is 32.1 Å². The third-order valence-corrected chi connectivity index (χ3v) is 3.88. The second kappa shape index (κ2) is 6.61. The Balaban J connectivity index is 2.32. The van der Waals surface area contributed by atoms with Gasteiger partial charge in [0.2, 0.25) is 5.91 Å². The van der Waals surface area contributed by atoms with Gasteiger partial charge in [-0.05, 0) is 26.2 Å². The van der Waals surface area contributed by atoms with E-state index in [0.29, 0.717) is 6.54 Å². The first-order valence-electron chi connectivity index (χ1n) is 6.74. The zero-order chi connectivity index (χ0) is 13.6. The average Bonchev–Trinajstić information content (AvgIpc) is 2.38. The van der Waals surface area contributed by atoms with E-state index in [1.54, 1.807) is 13.8 Å². The van der Waals surface area contributed by atoms with Gasteiger partial charge in [-0.2, -0.15) is 0 Å². The van der Waals surface area contributed by atoms with Gasteiger partial charge in [0.1, 0.15) is 5.41 Å². The molecule has 0 atom stereocenters. The molecule has 0 bridgehead atoms. The first-order chi connectivity index (χ1) is 8.48. The lowest BCUT2D eigenvalue weighted by atomic mass is 9.86. The summed E-state index contributed by atoms with van der Waals surface area (Å²) in [7, 11) is 0. The summed E-state index contributed by atoms with van der Waals surface area (Å²) in [5.41, 5.74) is 4.55. The number of amidine groups is 1. The van der Waals surface area contributed by atoms with Gasteiger partial charge in [0, 0.05) is 6.54 Å². The fraction of sp³-hybridized carbons (Fsp3) is 0.846. The molecule has 18 heavy (non-hydrogen) atoms. The molecule has 0 spiro atoms. The molecule has 1 aliphatic rings. The van der Waals surface area contributed by atoms with Crippen molar-refractivity contribution in [2.45, 2.75) is 52.4 Å². The maximum atomic E-state index is 11.9. The lowest BCUT2D eigenvalue weighted by Gasteiger charge is -2.24. The maximum absolute atomic E-state index is 11.9. The van der Waals surface area contributed by atoms with E-state index in [4.69, 9.17) is 10.9 Å². The summed E-state index contributed by atoms with van der Waals surface area (Å²) >= 11 is 0. The fourth-order valence-corrected chi connectivity index (χ4v) is 2.33. The number of amides is 1. The van der Waals surface area contributed by atoms with Crippen LogP contribution in [0.5, 0.6) is 0 Å². The largest absolute Gasteiger partial charge is 0.409 e. The Hall–Kier alpha value is -1.26. The van der Waals surface area contributed by atoms with Crippen LogP contribution in [0.3, 0.4) is 0 Å². The Morgan fingerprint density at radius 3 is 2.56 bits per heavy atom. The molecule has 0 unspecified atom stereocenters. The van der Waals surface area contributed by atoms with Crippen molar-refractivity contribution in [3.63, 3.8) is 0 Å². The number of carbonyl (C=O) groups excluding carboxylic acids is 1. The van der Waals surface area contributed by atoms with E-state index in [2.05, 4.69) is 10.5 Å². The molecule has 104 valence electrons. The Kier molecular flexibility index (Phi) is 5.44. The highest BCUT2D eigenvalue weighted by Crippen LogP contribution is 2.25. The van der Waals surface area contributed by atoms with Crippen molar-refractivity contribution in [3.8, 4) is 0 Å². The Morgan fingerprint density at radius 2 is 2.00 bits per heavy atom. The van der Waals surface area contributed by atoms with Crippen LogP contribution in [0.4, 0.5) is 0 Å². The van der Waals surface area contributed by atoms with Crippen molar-refractivity contribution in [1.82, 2.24) is 5.32 Å². The van der Waals surface area contributed by atoms with Gasteiger partial charge in [0.15, 0.2) is 5.84 Å². The van der Waals surface area contributed by atoms with Crippen LogP contribution in [0.2, 0.25) is 0 Å². The number of nitrogens with zero attached hydrogens (tertiary/aromatic N) is 1. The molecular formula is C13H25N3O2. The molecule has 1 saturated carbocycles. The van der Waals surface area contributed by atoms with E-state index in [9.17, 15) is 4.79 Å². The summed E-state index contributed by atoms with van der Waals surface area (Å²) in [6.07, 6.45) is 7.55. The van der Waals surface area contributed by atoms with E-state index < -0.39 is 5.41 Å². The molecule has 0 radical (unpaired) electrons. The lowest BCUT2D eigenvalue weighted by molar-refractivity contribution is -0.126. The monoisotopic (exact) mass is 255 g/mol. The topological polar surface area (TPSA) is 87.7 Å². The van der Waals surface area contributed by atoms with Crippen molar-refractivity contribution in [2.24, 2.45) is 22.2 Å². The molecule has 5 heteroatoms. The van der Waals surface area contributed by atoms with Gasteiger partial charge in [-0.1, -0.05) is 37.3 Å². The van der Waals surface area contributed by atoms with Crippen LogP contribution < -0.4 is 11.1 Å². The quantitative estimate of drug-likeness (QED) is 0.303. The predicted octanol–water partition coefficient (Wildman–Crippen LogP) is 1.85. The van der Waals surface area contributed by atoms with Crippen LogP contribution in [0.1, 0.15) is 52.4 Å². The minimum Gasteiger partial charge on any atom is -0.409 e. The molecule has 5 nitrogen and oxygen atoms in total. The number of hydrogen-bond acceptors (Lipinski definition) is 3. The molecule has 0 heterocycles. The summed E-state index contributed by atoms with van der Waals surface area (Å²) in [6.45, 7) is 3.97. The van der Waals surface area contributed by atoms with Crippen molar-refractivity contribution >= 4 is 11.7 Å². The summed E-state index contributed by atoms with van der Waals surface area (Å²) in [5, 5.41) is 14.4. The van der Waals surface area contributed by atoms with Gasteiger partial charge in [-0.25, -0.2) is 0 Å². The van der Waals surface area contributed by atoms with Gasteiger partial charge in [0.25, 0.3) is 0 Å². The van der Waals surface area contributed by atoms with Crippen LogP contribution in [-0.2, 0) is 4.79 Å². The summed E-state index contributed by atoms with van der Waals surface area (Å²) in [6, 6.07) is 0. The van der Waals surface area contributed by atoms with Gasteiger partial charge in [-0.3, -0.25) is 4.79 Å². The number of rotatable bonds is 5. The molecule has 0 aromatic rings. The molecule has 1 fully saturated rings. The van der Waals surface area contributed by atoms with Crippen molar-refractivity contribution in [2.75, 3.05) is 6.54 Å². The molecule has 1 rings (SSSR count). The highest BCUT2D eigenvalue weighted by molar-refractivity contribution is 6.05. The third kappa shape index (κ3) is 3.89. The highest BCUT2D eigenvalue weighted by atomic mass is 16.4. The third-order valence-electron chi connectivity index (χ3n) is 3.88. The number of oxime groups is 1. The van der Waals surface area contributed by atoms with Crippen LogP contribution >= 0.6 is 0 Å². The zero-order valence-electron chi connectivity index (χ0n) is 11.4. The summed E-state index contributed by atoms with van der Waals surface area (Å²) in [5.74, 6) is 0.497. The standard InChI is InChI=1S/C13H25N3O2/c1-13(2,11(14)16-18)12(17)15-9-8-10-6-4-3-5-7-10/h10,18H,3-9H2,1-2H3,(H2,14,16)(H,15,17). The maximum Gasteiger partial charge on any atom is 0.233 e. The smallest absolute Gasteiger partial charge is 0.233 e. The van der Waals surface area contributed by atoms with E-state index in [1.807, 2.05) is 0 Å². The van der Waals surface area contributed by atoms with Crippen LogP contribution in [0, 0.1) is 11.3 Å². The molecule has 0 aliphatic heterocycles. The van der Waals surface area contributed by atoms with Gasteiger partial charge >= 0.3 is 0 Å². The fourth-order valence-electron chi connectivity index (χ4n) is 2.33. The van der Waals surface area contributed by atoms with Gasteiger partial charge in [0.05, 0.1) is 0 Å². The van der Waals surface area contributed by atoms with E-state index in [-0.39, 0.29) is 11.7 Å². The lowest BCUT2D eigenvalue weighted by Crippen LogP contribution is -2.46. The molecule has 0 aromatic carbocycles. The first-order valence-corrected chi connectivity index (χ1v) is 6.74. The average molecular weight is 255 g/mol. The molecule has 1 amide bonds. The number of hydrogen-bond donors (Lipinski definition) is 3. The second-order valence-electron chi connectivity index (χ2n) is 5.66. The van der Waals surface area contributed by atoms with Gasteiger partial charge in [-0.15, -0.1) is 0 Å². The molecule has 4 N–H and O–H groups in total. The zero-order valence-corrected chi connectivity index (χ0v) is 11.4. The van der Waals surface area contributed by atoms with Crippen LogP contribution in [0.25, 0.3) is 0 Å². The van der Waals surface area contributed by atoms with Crippen LogP contribution in [-0.4, -0.2) is 23.5 Å². The molecule has 1 aliphatic carbocycles. The Bertz CT molecular complexity index is 307. The van der Waals surface area contributed by atoms with Crippen molar-refractivity contribution in [3.05, 3.63) is 0 Å². The highest BCUT2D eigenvalue weighted by Gasteiger charge is 2.32. The Labute approximate surface area is 109 Å². The van der Waals surface area contributed by atoms with Crippen molar-refractivity contribution < 1.29 is 10.0 Å². The summed E-state index contributed by atoms with van der Waals surface area (Å²) < 4.78 is 0.